The van der Waals surface area contributed by atoms with Gasteiger partial charge >= 0.3 is 0 Å². The summed E-state index contributed by atoms with van der Waals surface area (Å²) in [5.74, 6) is 0.546. The van der Waals surface area contributed by atoms with E-state index in [-0.39, 0.29) is 11.3 Å². The van der Waals surface area contributed by atoms with Crippen LogP contribution in [0.5, 0.6) is 5.75 Å². The Morgan fingerprint density at radius 3 is 2.33 bits per heavy atom. The number of carbonyl (C=O) groups is 1. The number of benzene rings is 2. The van der Waals surface area contributed by atoms with Crippen LogP contribution < -0.4 is 10.1 Å². The molecule has 5 heteroatoms. The first kappa shape index (κ1) is 23.9. The molecule has 0 spiro atoms. The maximum atomic E-state index is 12.4. The predicted octanol–water partition coefficient (Wildman–Crippen LogP) is 4.62. The summed E-state index contributed by atoms with van der Waals surface area (Å²) in [6, 6.07) is 15.9. The highest BCUT2D eigenvalue weighted by atomic mass is 16.5. The summed E-state index contributed by atoms with van der Waals surface area (Å²) >= 11 is 0. The number of ether oxygens (including phenoxy) is 3. The lowest BCUT2D eigenvalue weighted by Gasteiger charge is -2.20. The minimum atomic E-state index is -0.574. The molecule has 0 aliphatic rings. The lowest BCUT2D eigenvalue weighted by atomic mass is 9.87. The smallest absolute Gasteiger partial charge is 0.261 e. The van der Waals surface area contributed by atoms with E-state index in [1.54, 1.807) is 6.92 Å². The summed E-state index contributed by atoms with van der Waals surface area (Å²) in [6.45, 7) is 13.1. The fraction of sp³-hybridized carbons (Fsp3) is 0.480. The zero-order valence-corrected chi connectivity index (χ0v) is 18.9. The van der Waals surface area contributed by atoms with Crippen LogP contribution in [0.25, 0.3) is 0 Å². The fourth-order valence-corrected chi connectivity index (χ4v) is 2.91. The molecule has 0 bridgehead atoms. The number of nitrogens with one attached hydrogen (secondary N) is 1. The summed E-state index contributed by atoms with van der Waals surface area (Å²) in [5, 5.41) is 2.94. The molecular formula is C25H35NO4. The summed E-state index contributed by atoms with van der Waals surface area (Å²) in [6.07, 6.45) is -0.574. The standard InChI is InChI=1S/C25H35NO4/c1-6-28-14-15-29-18-21-9-7-8-20(16-21)17-26-24(27)19(2)30-23-12-10-22(11-13-23)25(3,4)5/h7-13,16,19H,6,14-15,17-18H2,1-5H3,(H,26,27). The van der Waals surface area contributed by atoms with Crippen molar-refractivity contribution in [3.05, 3.63) is 65.2 Å². The van der Waals surface area contributed by atoms with Gasteiger partial charge in [0, 0.05) is 13.2 Å². The zero-order chi connectivity index (χ0) is 22.0. The second-order valence-electron chi connectivity index (χ2n) is 8.32. The Hall–Kier alpha value is -2.37. The predicted molar refractivity (Wildman–Crippen MR) is 120 cm³/mol. The fourth-order valence-electron chi connectivity index (χ4n) is 2.91. The Balaban J connectivity index is 1.80. The van der Waals surface area contributed by atoms with Crippen molar-refractivity contribution in [3.63, 3.8) is 0 Å². The van der Waals surface area contributed by atoms with Gasteiger partial charge in [-0.3, -0.25) is 4.79 Å². The average Bonchev–Trinajstić information content (AvgIpc) is 2.72. The van der Waals surface area contributed by atoms with Crippen LogP contribution in [0.1, 0.15) is 51.3 Å². The van der Waals surface area contributed by atoms with Crippen molar-refractivity contribution in [3.8, 4) is 5.75 Å². The van der Waals surface area contributed by atoms with Crippen LogP contribution in [0.15, 0.2) is 48.5 Å². The molecule has 0 saturated heterocycles. The number of carbonyl (C=O) groups excluding carboxylic acids is 1. The highest BCUT2D eigenvalue weighted by Crippen LogP contribution is 2.24. The number of hydrogen-bond acceptors (Lipinski definition) is 4. The molecule has 0 aliphatic carbocycles. The highest BCUT2D eigenvalue weighted by Gasteiger charge is 2.16. The van der Waals surface area contributed by atoms with Crippen LogP contribution in [0.4, 0.5) is 0 Å². The second-order valence-corrected chi connectivity index (χ2v) is 8.32. The third-order valence-corrected chi connectivity index (χ3v) is 4.71. The van der Waals surface area contributed by atoms with E-state index in [9.17, 15) is 4.79 Å². The van der Waals surface area contributed by atoms with Crippen LogP contribution in [0.2, 0.25) is 0 Å². The molecule has 0 radical (unpaired) electrons. The van der Waals surface area contributed by atoms with Crippen LogP contribution in [0, 0.1) is 0 Å². The molecular weight excluding hydrogens is 378 g/mol. The van der Waals surface area contributed by atoms with Gasteiger partial charge < -0.3 is 19.5 Å². The SMILES string of the molecule is CCOCCOCc1cccc(CNC(=O)C(C)Oc2ccc(C(C)(C)C)cc2)c1. The number of rotatable bonds is 11. The summed E-state index contributed by atoms with van der Waals surface area (Å²) in [5.41, 5.74) is 3.41. The van der Waals surface area contributed by atoms with Gasteiger partial charge in [-0.1, -0.05) is 57.2 Å². The first-order valence-electron chi connectivity index (χ1n) is 10.6. The van der Waals surface area contributed by atoms with E-state index in [4.69, 9.17) is 14.2 Å². The van der Waals surface area contributed by atoms with Gasteiger partial charge in [-0.25, -0.2) is 0 Å². The van der Waals surface area contributed by atoms with Crippen LogP contribution in [0.3, 0.4) is 0 Å². The van der Waals surface area contributed by atoms with Crippen molar-refractivity contribution in [2.24, 2.45) is 0 Å². The average molecular weight is 414 g/mol. The maximum Gasteiger partial charge on any atom is 0.261 e. The minimum Gasteiger partial charge on any atom is -0.481 e. The third-order valence-electron chi connectivity index (χ3n) is 4.71. The Bertz CT molecular complexity index is 780. The molecule has 0 saturated carbocycles. The van der Waals surface area contributed by atoms with Crippen LogP contribution in [-0.4, -0.2) is 31.8 Å². The summed E-state index contributed by atoms with van der Waals surface area (Å²) in [7, 11) is 0. The van der Waals surface area contributed by atoms with Gasteiger partial charge in [0.25, 0.3) is 5.91 Å². The van der Waals surface area contributed by atoms with Crippen molar-refractivity contribution in [2.45, 2.75) is 59.3 Å². The molecule has 0 heterocycles. The lowest BCUT2D eigenvalue weighted by Crippen LogP contribution is -2.35. The summed E-state index contributed by atoms with van der Waals surface area (Å²) in [4.78, 5) is 12.4. The Morgan fingerprint density at radius 1 is 1.00 bits per heavy atom. The van der Waals surface area contributed by atoms with Gasteiger partial charge in [0.1, 0.15) is 5.75 Å². The molecule has 30 heavy (non-hydrogen) atoms. The van der Waals surface area contributed by atoms with Gasteiger partial charge in [-0.15, -0.1) is 0 Å². The maximum absolute atomic E-state index is 12.4. The molecule has 164 valence electrons. The largest absolute Gasteiger partial charge is 0.481 e. The van der Waals surface area contributed by atoms with Gasteiger partial charge in [0.05, 0.1) is 19.8 Å². The number of hydrogen-bond donors (Lipinski definition) is 1. The van der Waals surface area contributed by atoms with E-state index in [1.807, 2.05) is 55.5 Å². The zero-order valence-electron chi connectivity index (χ0n) is 18.9. The topological polar surface area (TPSA) is 56.8 Å². The lowest BCUT2D eigenvalue weighted by molar-refractivity contribution is -0.127. The molecule has 0 aromatic heterocycles. The molecule has 0 aliphatic heterocycles. The first-order chi connectivity index (χ1) is 14.3. The van der Waals surface area contributed by atoms with Crippen molar-refractivity contribution >= 4 is 5.91 Å². The van der Waals surface area contributed by atoms with E-state index >= 15 is 0 Å². The molecule has 2 aromatic carbocycles. The van der Waals surface area contributed by atoms with Crippen molar-refractivity contribution < 1.29 is 19.0 Å². The van der Waals surface area contributed by atoms with Gasteiger partial charge in [-0.05, 0) is 48.1 Å². The van der Waals surface area contributed by atoms with Crippen molar-refractivity contribution in [1.29, 1.82) is 0 Å². The molecule has 1 unspecified atom stereocenters. The second kappa shape index (κ2) is 11.7. The molecule has 1 atom stereocenters. The quantitative estimate of drug-likeness (QED) is 0.546. The Kier molecular flexibility index (Phi) is 9.34. The van der Waals surface area contributed by atoms with Crippen molar-refractivity contribution in [2.75, 3.05) is 19.8 Å². The summed E-state index contributed by atoms with van der Waals surface area (Å²) < 4.78 is 16.7. The highest BCUT2D eigenvalue weighted by molar-refractivity contribution is 5.80. The first-order valence-corrected chi connectivity index (χ1v) is 10.6. The van der Waals surface area contributed by atoms with Gasteiger partial charge in [-0.2, -0.15) is 0 Å². The van der Waals surface area contributed by atoms with Gasteiger partial charge in [0.2, 0.25) is 0 Å². The molecule has 1 amide bonds. The van der Waals surface area contributed by atoms with Crippen molar-refractivity contribution in [1.82, 2.24) is 5.32 Å². The number of amides is 1. The third kappa shape index (κ3) is 8.17. The van der Waals surface area contributed by atoms with E-state index in [1.165, 1.54) is 5.56 Å². The normalized spacial score (nSPS) is 12.4. The van der Waals surface area contributed by atoms with E-state index in [0.29, 0.717) is 38.7 Å². The van der Waals surface area contributed by atoms with Crippen LogP contribution >= 0.6 is 0 Å². The minimum absolute atomic E-state index is 0.0877. The van der Waals surface area contributed by atoms with E-state index in [2.05, 4.69) is 26.1 Å². The molecule has 2 aromatic rings. The molecule has 0 fully saturated rings. The monoisotopic (exact) mass is 413 g/mol. The molecule has 5 nitrogen and oxygen atoms in total. The van der Waals surface area contributed by atoms with Gasteiger partial charge in [0.15, 0.2) is 6.10 Å². The Labute approximate surface area is 180 Å². The molecule has 2 rings (SSSR count). The van der Waals surface area contributed by atoms with E-state index < -0.39 is 6.10 Å². The Morgan fingerprint density at radius 2 is 1.67 bits per heavy atom. The molecule has 1 N–H and O–H groups in total. The van der Waals surface area contributed by atoms with E-state index in [0.717, 1.165) is 11.1 Å². The van der Waals surface area contributed by atoms with Crippen LogP contribution in [-0.2, 0) is 32.8 Å².